The predicted molar refractivity (Wildman–Crippen MR) is 83.0 cm³/mol. The Kier molecular flexibility index (Phi) is 3.62. The molecule has 1 aliphatic heterocycles. The van der Waals surface area contributed by atoms with Gasteiger partial charge >= 0.3 is 0 Å². The second-order valence-electron chi connectivity index (χ2n) is 5.92. The lowest BCUT2D eigenvalue weighted by atomic mass is 9.95. The van der Waals surface area contributed by atoms with Gasteiger partial charge in [-0.15, -0.1) is 0 Å². The van der Waals surface area contributed by atoms with Gasteiger partial charge in [-0.05, 0) is 56.5 Å². The van der Waals surface area contributed by atoms with E-state index in [0.29, 0.717) is 5.92 Å². The largest absolute Gasteiger partial charge is 0.316 e. The highest BCUT2D eigenvalue weighted by Crippen LogP contribution is 2.28. The number of nitrogens with one attached hydrogen (secondary N) is 1. The van der Waals surface area contributed by atoms with E-state index in [1.807, 2.05) is 0 Å². The molecule has 0 saturated carbocycles. The molecule has 1 N–H and O–H groups in total. The van der Waals surface area contributed by atoms with Crippen molar-refractivity contribution in [2.45, 2.75) is 32.6 Å². The number of hydrogen-bond acceptors (Lipinski definition) is 2. The van der Waals surface area contributed by atoms with Crippen LogP contribution in [0.5, 0.6) is 0 Å². The van der Waals surface area contributed by atoms with E-state index in [1.165, 1.54) is 35.2 Å². The Balaban J connectivity index is 1.93. The minimum absolute atomic E-state index is 0.599. The molecule has 3 rings (SSSR count). The fourth-order valence-electron chi connectivity index (χ4n) is 3.01. The second-order valence-corrected chi connectivity index (χ2v) is 5.92. The number of aromatic nitrogens is 2. The summed E-state index contributed by atoms with van der Waals surface area (Å²) in [4.78, 5) is 0. The molecule has 1 aromatic heterocycles. The first-order valence-corrected chi connectivity index (χ1v) is 7.47. The fourth-order valence-corrected chi connectivity index (χ4v) is 3.01. The van der Waals surface area contributed by atoms with Crippen molar-refractivity contribution >= 4 is 0 Å². The molecule has 2 heterocycles. The van der Waals surface area contributed by atoms with Crippen LogP contribution in [0.25, 0.3) is 11.3 Å². The van der Waals surface area contributed by atoms with Crippen molar-refractivity contribution in [1.29, 1.82) is 0 Å². The molecule has 0 spiro atoms. The average molecular weight is 269 g/mol. The van der Waals surface area contributed by atoms with Crippen LogP contribution in [0.15, 0.2) is 24.3 Å². The van der Waals surface area contributed by atoms with Gasteiger partial charge in [0.15, 0.2) is 0 Å². The lowest BCUT2D eigenvalue weighted by Crippen LogP contribution is -2.29. The van der Waals surface area contributed by atoms with Gasteiger partial charge in [-0.3, -0.25) is 4.68 Å². The Labute approximate surface area is 121 Å². The van der Waals surface area contributed by atoms with Crippen LogP contribution in [0.3, 0.4) is 0 Å². The van der Waals surface area contributed by atoms with E-state index in [-0.39, 0.29) is 0 Å². The van der Waals surface area contributed by atoms with Gasteiger partial charge in [-0.1, -0.05) is 12.1 Å². The fraction of sp³-hybridized carbons (Fsp3) is 0.471. The van der Waals surface area contributed by atoms with Crippen LogP contribution in [0.2, 0.25) is 0 Å². The maximum Gasteiger partial charge on any atom is 0.0926 e. The summed E-state index contributed by atoms with van der Waals surface area (Å²) >= 11 is 0. The van der Waals surface area contributed by atoms with E-state index >= 15 is 0 Å². The molecule has 1 saturated heterocycles. The molecule has 3 nitrogen and oxygen atoms in total. The Morgan fingerprint density at radius 3 is 2.75 bits per heavy atom. The summed E-state index contributed by atoms with van der Waals surface area (Å²) in [6.45, 7) is 6.54. The van der Waals surface area contributed by atoms with Crippen molar-refractivity contribution in [3.05, 3.63) is 41.1 Å². The van der Waals surface area contributed by atoms with Crippen molar-refractivity contribution in [1.82, 2.24) is 15.1 Å². The molecule has 1 aliphatic rings. The molecule has 20 heavy (non-hydrogen) atoms. The molecular weight excluding hydrogens is 246 g/mol. The molecule has 0 aliphatic carbocycles. The summed E-state index contributed by atoms with van der Waals surface area (Å²) in [5.74, 6) is 0.599. The van der Waals surface area contributed by atoms with Crippen LogP contribution in [0, 0.1) is 13.8 Å². The zero-order valence-electron chi connectivity index (χ0n) is 12.6. The normalized spacial score (nSPS) is 19.2. The number of hydrogen-bond donors (Lipinski definition) is 1. The average Bonchev–Trinajstić information content (AvgIpc) is 2.85. The molecule has 1 fully saturated rings. The Bertz CT molecular complexity index is 607. The number of aryl methyl sites for hydroxylation is 3. The van der Waals surface area contributed by atoms with Gasteiger partial charge in [0.25, 0.3) is 0 Å². The molecule has 1 unspecified atom stereocenters. The van der Waals surface area contributed by atoms with E-state index < -0.39 is 0 Å². The van der Waals surface area contributed by atoms with Gasteiger partial charge < -0.3 is 5.32 Å². The summed E-state index contributed by atoms with van der Waals surface area (Å²) in [6.07, 6.45) is 2.52. The maximum absolute atomic E-state index is 4.72. The third kappa shape index (κ3) is 2.50. The number of nitrogens with zero attached hydrogens (tertiary/aromatic N) is 2. The number of rotatable bonds is 2. The smallest absolute Gasteiger partial charge is 0.0926 e. The van der Waals surface area contributed by atoms with Crippen LogP contribution in [-0.4, -0.2) is 22.9 Å². The molecule has 1 atom stereocenters. The zero-order chi connectivity index (χ0) is 14.1. The molecular formula is C17H23N3. The second kappa shape index (κ2) is 5.41. The highest BCUT2D eigenvalue weighted by atomic mass is 15.3. The maximum atomic E-state index is 4.72. The summed E-state index contributed by atoms with van der Waals surface area (Å²) in [5, 5.41) is 8.20. The van der Waals surface area contributed by atoms with Crippen LogP contribution in [0.4, 0.5) is 0 Å². The monoisotopic (exact) mass is 269 g/mol. The highest BCUT2D eigenvalue weighted by molar-refractivity contribution is 5.61. The molecule has 1 aromatic carbocycles. The van der Waals surface area contributed by atoms with Gasteiger partial charge in [0.2, 0.25) is 0 Å². The van der Waals surface area contributed by atoms with Crippen LogP contribution in [0.1, 0.15) is 35.6 Å². The Hall–Kier alpha value is -1.61. The van der Waals surface area contributed by atoms with Crippen molar-refractivity contribution < 1.29 is 0 Å². The van der Waals surface area contributed by atoms with Crippen molar-refractivity contribution in [3.8, 4) is 11.3 Å². The topological polar surface area (TPSA) is 29.9 Å². The third-order valence-electron chi connectivity index (χ3n) is 4.43. The van der Waals surface area contributed by atoms with Crippen LogP contribution in [-0.2, 0) is 7.05 Å². The van der Waals surface area contributed by atoms with Gasteiger partial charge in [-0.2, -0.15) is 5.10 Å². The first-order valence-electron chi connectivity index (χ1n) is 7.47. The first-order chi connectivity index (χ1) is 9.65. The van der Waals surface area contributed by atoms with E-state index in [4.69, 9.17) is 5.10 Å². The predicted octanol–water partition coefficient (Wildman–Crippen LogP) is 3.17. The van der Waals surface area contributed by atoms with Gasteiger partial charge in [0.05, 0.1) is 5.69 Å². The molecule has 106 valence electrons. The van der Waals surface area contributed by atoms with Crippen molar-refractivity contribution in [2.24, 2.45) is 7.05 Å². The minimum Gasteiger partial charge on any atom is -0.316 e. The number of piperidine rings is 1. The molecule has 0 amide bonds. The highest BCUT2D eigenvalue weighted by Gasteiger charge is 2.19. The molecule has 2 aromatic rings. The van der Waals surface area contributed by atoms with Crippen molar-refractivity contribution in [2.75, 3.05) is 13.1 Å². The summed E-state index contributed by atoms with van der Waals surface area (Å²) in [7, 11) is 2.06. The van der Waals surface area contributed by atoms with Gasteiger partial charge in [-0.25, -0.2) is 0 Å². The standard InChI is InChI=1S/C17H23N3/c1-12-6-7-14(9-13(12)2)16-10-17(20(3)19-16)15-5-4-8-18-11-15/h6-7,9-10,15,18H,4-5,8,11H2,1-3H3. The SMILES string of the molecule is Cc1ccc(-c2cc(C3CCCNC3)n(C)n2)cc1C. The Morgan fingerprint density at radius 1 is 1.20 bits per heavy atom. The van der Waals surface area contributed by atoms with Gasteiger partial charge in [0, 0.05) is 30.8 Å². The zero-order valence-corrected chi connectivity index (χ0v) is 12.6. The quantitative estimate of drug-likeness (QED) is 0.907. The molecule has 0 radical (unpaired) electrons. The summed E-state index contributed by atoms with van der Waals surface area (Å²) in [5.41, 5.74) is 6.33. The van der Waals surface area contributed by atoms with E-state index in [9.17, 15) is 0 Å². The summed E-state index contributed by atoms with van der Waals surface area (Å²) in [6, 6.07) is 8.86. The lowest BCUT2D eigenvalue weighted by Gasteiger charge is -2.22. The minimum atomic E-state index is 0.599. The van der Waals surface area contributed by atoms with Crippen LogP contribution < -0.4 is 5.32 Å². The van der Waals surface area contributed by atoms with Crippen LogP contribution >= 0.6 is 0 Å². The Morgan fingerprint density at radius 2 is 2.05 bits per heavy atom. The first kappa shape index (κ1) is 13.4. The molecule has 0 bridgehead atoms. The summed E-state index contributed by atoms with van der Waals surface area (Å²) < 4.78 is 2.06. The number of benzene rings is 1. The van der Waals surface area contributed by atoms with Crippen molar-refractivity contribution in [3.63, 3.8) is 0 Å². The van der Waals surface area contributed by atoms with E-state index in [0.717, 1.165) is 18.8 Å². The van der Waals surface area contributed by atoms with Gasteiger partial charge in [0.1, 0.15) is 0 Å². The third-order valence-corrected chi connectivity index (χ3v) is 4.43. The molecule has 3 heteroatoms. The van der Waals surface area contributed by atoms with E-state index in [1.54, 1.807) is 0 Å². The van der Waals surface area contributed by atoms with E-state index in [2.05, 4.69) is 55.2 Å². The lowest BCUT2D eigenvalue weighted by molar-refractivity contribution is 0.441.